The molecule has 1 amide bonds. The van der Waals surface area contributed by atoms with E-state index in [-0.39, 0.29) is 30.5 Å². The van der Waals surface area contributed by atoms with Gasteiger partial charge in [0.05, 0.1) is 17.7 Å². The van der Waals surface area contributed by atoms with Crippen LogP contribution >= 0.6 is 0 Å². The number of likely N-dealkylation sites (N-methyl/N-ethyl adjacent to an activating group) is 1. The Morgan fingerprint density at radius 3 is 2.73 bits per heavy atom. The first-order chi connectivity index (χ1) is 12.3. The van der Waals surface area contributed by atoms with Gasteiger partial charge in [0.1, 0.15) is 17.9 Å². The summed E-state index contributed by atoms with van der Waals surface area (Å²) in [5.74, 6) is -0.353. The molecule has 10 nitrogen and oxygen atoms in total. The van der Waals surface area contributed by atoms with Gasteiger partial charge in [-0.2, -0.15) is 0 Å². The number of nitrogen functional groups attached to an aromatic ring is 1. The first-order valence-electron chi connectivity index (χ1n) is 8.02. The standard InChI is InChI=1S/C16H21N5O5/c1-4-20(10(2)22)8-13(26-11(3)23)9-25-12-5-6-14-15(7-12)21(24)19-16(17)18-14/h5-7,13H,4,8-9H2,1-3H3,(H2,17,18,19). The summed E-state index contributed by atoms with van der Waals surface area (Å²) in [6, 6.07) is 4.66. The largest absolute Gasteiger partial charge is 0.594 e. The topological polar surface area (TPSA) is 135 Å². The highest BCUT2D eigenvalue weighted by Crippen LogP contribution is 2.17. The first-order valence-corrected chi connectivity index (χ1v) is 8.02. The molecule has 2 aromatic rings. The van der Waals surface area contributed by atoms with Gasteiger partial charge in [-0.05, 0) is 23.9 Å². The Kier molecular flexibility index (Phi) is 6.10. The molecular formula is C16H21N5O5. The Morgan fingerprint density at radius 1 is 1.38 bits per heavy atom. The van der Waals surface area contributed by atoms with E-state index in [0.717, 1.165) is 0 Å². The van der Waals surface area contributed by atoms with Gasteiger partial charge in [-0.3, -0.25) is 9.59 Å². The number of nitrogens with two attached hydrogens (primary N) is 1. The van der Waals surface area contributed by atoms with E-state index in [1.54, 1.807) is 17.0 Å². The van der Waals surface area contributed by atoms with Crippen LogP contribution in [0.4, 0.5) is 5.95 Å². The van der Waals surface area contributed by atoms with Crippen LogP contribution in [-0.4, -0.2) is 52.7 Å². The van der Waals surface area contributed by atoms with Crippen molar-refractivity contribution in [2.24, 2.45) is 0 Å². The predicted octanol–water partition coefficient (Wildman–Crippen LogP) is 0.0243. The molecule has 2 rings (SSSR count). The number of fused-ring (bicyclic) bond motifs is 1. The number of hydrogen-bond donors (Lipinski definition) is 1. The number of carbonyl (C=O) groups is 2. The number of benzene rings is 1. The molecule has 1 heterocycles. The van der Waals surface area contributed by atoms with Crippen molar-refractivity contribution in [1.82, 2.24) is 15.0 Å². The second-order valence-corrected chi connectivity index (χ2v) is 5.59. The zero-order chi connectivity index (χ0) is 19.3. The summed E-state index contributed by atoms with van der Waals surface area (Å²) in [5.41, 5.74) is 6.01. The molecule has 0 saturated carbocycles. The number of rotatable bonds is 7. The summed E-state index contributed by atoms with van der Waals surface area (Å²) in [4.78, 5) is 28.7. The quantitative estimate of drug-likeness (QED) is 0.413. The minimum Gasteiger partial charge on any atom is -0.594 e. The van der Waals surface area contributed by atoms with Crippen molar-refractivity contribution in [3.8, 4) is 5.75 Å². The molecule has 26 heavy (non-hydrogen) atoms. The number of hydrogen-bond acceptors (Lipinski definition) is 8. The number of carbonyl (C=O) groups excluding carboxylic acids is 2. The van der Waals surface area contributed by atoms with Crippen molar-refractivity contribution in [2.45, 2.75) is 26.9 Å². The molecule has 0 fully saturated rings. The Labute approximate surface area is 150 Å². The number of anilines is 1. The molecule has 2 N–H and O–H groups in total. The van der Waals surface area contributed by atoms with Gasteiger partial charge in [0.25, 0.3) is 11.5 Å². The predicted molar refractivity (Wildman–Crippen MR) is 91.9 cm³/mol. The monoisotopic (exact) mass is 363 g/mol. The number of aromatic nitrogens is 3. The van der Waals surface area contributed by atoms with Crippen molar-refractivity contribution < 1.29 is 23.9 Å². The van der Waals surface area contributed by atoms with E-state index in [9.17, 15) is 14.8 Å². The number of amides is 1. The lowest BCUT2D eigenvalue weighted by Crippen LogP contribution is -2.40. The lowest BCUT2D eigenvalue weighted by atomic mass is 10.3. The van der Waals surface area contributed by atoms with E-state index in [2.05, 4.69) is 10.1 Å². The maximum atomic E-state index is 11.8. The minimum absolute atomic E-state index is 0.0174. The van der Waals surface area contributed by atoms with Gasteiger partial charge < -0.3 is 25.3 Å². The van der Waals surface area contributed by atoms with Gasteiger partial charge in [0.15, 0.2) is 6.10 Å². The van der Waals surface area contributed by atoms with Crippen LogP contribution < -0.4 is 15.3 Å². The third-order valence-corrected chi connectivity index (χ3v) is 3.60. The molecule has 0 spiro atoms. The van der Waals surface area contributed by atoms with E-state index < -0.39 is 12.1 Å². The molecular weight excluding hydrogens is 342 g/mol. The van der Waals surface area contributed by atoms with Gasteiger partial charge in [-0.25, -0.2) is 4.98 Å². The highest BCUT2D eigenvalue weighted by Gasteiger charge is 2.19. The fourth-order valence-electron chi connectivity index (χ4n) is 2.41. The Bertz CT molecular complexity index is 813. The third kappa shape index (κ3) is 4.91. The van der Waals surface area contributed by atoms with E-state index in [4.69, 9.17) is 15.2 Å². The molecule has 1 unspecified atom stereocenters. The van der Waals surface area contributed by atoms with Crippen LogP contribution in [-0.2, 0) is 14.3 Å². The van der Waals surface area contributed by atoms with Crippen LogP contribution in [0.15, 0.2) is 18.2 Å². The Hall–Kier alpha value is -3.17. The minimum atomic E-state index is -0.644. The summed E-state index contributed by atoms with van der Waals surface area (Å²) in [5, 5.41) is 15.3. The average Bonchev–Trinajstić information content (AvgIpc) is 2.56. The highest BCUT2D eigenvalue weighted by atomic mass is 16.6. The molecule has 1 atom stereocenters. The summed E-state index contributed by atoms with van der Waals surface area (Å²) >= 11 is 0. The third-order valence-electron chi connectivity index (χ3n) is 3.60. The van der Waals surface area contributed by atoms with Crippen molar-refractivity contribution in [3.63, 3.8) is 0 Å². The zero-order valence-electron chi connectivity index (χ0n) is 14.8. The van der Waals surface area contributed by atoms with Gasteiger partial charge in [0.2, 0.25) is 5.91 Å². The molecule has 0 bridgehead atoms. The zero-order valence-corrected chi connectivity index (χ0v) is 14.8. The molecule has 10 heteroatoms. The maximum absolute atomic E-state index is 11.8. The summed E-state index contributed by atoms with van der Waals surface area (Å²) in [6.45, 7) is 5.27. The van der Waals surface area contributed by atoms with E-state index >= 15 is 0 Å². The normalized spacial score (nSPS) is 11.8. The molecule has 0 aliphatic carbocycles. The van der Waals surface area contributed by atoms with E-state index in [1.807, 2.05) is 6.92 Å². The molecule has 0 radical (unpaired) electrons. The number of nitrogens with zero attached hydrogens (tertiary/aromatic N) is 4. The van der Waals surface area contributed by atoms with Gasteiger partial charge >= 0.3 is 5.97 Å². The molecule has 0 aliphatic heterocycles. The van der Waals surface area contributed by atoms with Crippen LogP contribution in [0.2, 0.25) is 0 Å². The Morgan fingerprint density at radius 2 is 2.12 bits per heavy atom. The lowest BCUT2D eigenvalue weighted by molar-refractivity contribution is -0.641. The molecule has 1 aromatic carbocycles. The first kappa shape index (κ1) is 19.2. The summed E-state index contributed by atoms with van der Waals surface area (Å²) in [7, 11) is 0. The number of esters is 1. The molecule has 0 saturated heterocycles. The molecule has 1 aromatic heterocycles. The SMILES string of the molecule is CCN(CC(COc1ccc2nc(N)n[n+]([O-])c2c1)OC(C)=O)C(C)=O. The fraction of sp³-hybridized carbons (Fsp3) is 0.438. The van der Waals surface area contributed by atoms with Gasteiger partial charge in [-0.1, -0.05) is 0 Å². The van der Waals surface area contributed by atoms with Crippen LogP contribution in [0.3, 0.4) is 0 Å². The van der Waals surface area contributed by atoms with Crippen LogP contribution in [0.25, 0.3) is 11.0 Å². The van der Waals surface area contributed by atoms with Crippen LogP contribution in [0, 0.1) is 5.21 Å². The molecule has 0 aliphatic rings. The van der Waals surface area contributed by atoms with Gasteiger partial charge in [0, 0.05) is 20.4 Å². The van der Waals surface area contributed by atoms with E-state index in [1.165, 1.54) is 19.9 Å². The summed E-state index contributed by atoms with van der Waals surface area (Å²) < 4.78 is 10.8. The molecule has 140 valence electrons. The number of ether oxygens (including phenoxy) is 2. The van der Waals surface area contributed by atoms with Crippen LogP contribution in [0.1, 0.15) is 20.8 Å². The van der Waals surface area contributed by atoms with Crippen molar-refractivity contribution >= 4 is 28.9 Å². The summed E-state index contributed by atoms with van der Waals surface area (Å²) in [6.07, 6.45) is -0.644. The van der Waals surface area contributed by atoms with Crippen molar-refractivity contribution in [2.75, 3.05) is 25.4 Å². The Balaban J connectivity index is 2.13. The average molecular weight is 363 g/mol. The fourth-order valence-corrected chi connectivity index (χ4v) is 2.41. The second-order valence-electron chi connectivity index (χ2n) is 5.59. The lowest BCUT2D eigenvalue weighted by Gasteiger charge is -2.25. The van der Waals surface area contributed by atoms with Crippen molar-refractivity contribution in [3.05, 3.63) is 23.4 Å². The maximum Gasteiger partial charge on any atom is 0.303 e. The van der Waals surface area contributed by atoms with E-state index in [0.29, 0.717) is 22.7 Å². The highest BCUT2D eigenvalue weighted by molar-refractivity contribution is 5.74. The van der Waals surface area contributed by atoms with Gasteiger partial charge in [-0.15, -0.1) is 0 Å². The van der Waals surface area contributed by atoms with Crippen molar-refractivity contribution in [1.29, 1.82) is 0 Å². The van der Waals surface area contributed by atoms with Crippen LogP contribution in [0.5, 0.6) is 5.75 Å². The smallest absolute Gasteiger partial charge is 0.303 e. The second kappa shape index (κ2) is 8.28.